The summed E-state index contributed by atoms with van der Waals surface area (Å²) >= 11 is 0. The standard InChI is InChI=1S/C14H29NO/c1-11(2)14(5,9-15-12(3)4)10-16-8-13-6-7-13/h11-13,15H,6-10H2,1-5H3. The molecule has 1 saturated carbocycles. The fourth-order valence-corrected chi connectivity index (χ4v) is 1.60. The average molecular weight is 227 g/mol. The maximum absolute atomic E-state index is 5.88. The third-order valence-electron chi connectivity index (χ3n) is 3.79. The molecule has 0 spiro atoms. The van der Waals surface area contributed by atoms with Crippen LogP contribution in [0.25, 0.3) is 0 Å². The summed E-state index contributed by atoms with van der Waals surface area (Å²) in [6.45, 7) is 14.2. The van der Waals surface area contributed by atoms with E-state index >= 15 is 0 Å². The second-order valence-electron chi connectivity index (χ2n) is 6.30. The van der Waals surface area contributed by atoms with Gasteiger partial charge < -0.3 is 10.1 Å². The molecule has 1 aliphatic carbocycles. The molecule has 1 unspecified atom stereocenters. The van der Waals surface area contributed by atoms with E-state index in [0.717, 1.165) is 25.7 Å². The molecule has 0 saturated heterocycles. The molecule has 1 fully saturated rings. The zero-order chi connectivity index (χ0) is 12.2. The smallest absolute Gasteiger partial charge is 0.0534 e. The van der Waals surface area contributed by atoms with Crippen molar-refractivity contribution in [3.8, 4) is 0 Å². The summed E-state index contributed by atoms with van der Waals surface area (Å²) in [5.41, 5.74) is 0.263. The number of hydrogen-bond acceptors (Lipinski definition) is 2. The highest BCUT2D eigenvalue weighted by Gasteiger charge is 2.30. The number of ether oxygens (including phenoxy) is 1. The molecule has 0 aromatic rings. The van der Waals surface area contributed by atoms with Crippen LogP contribution in [-0.4, -0.2) is 25.8 Å². The van der Waals surface area contributed by atoms with E-state index in [1.165, 1.54) is 12.8 Å². The summed E-state index contributed by atoms with van der Waals surface area (Å²) in [4.78, 5) is 0. The largest absolute Gasteiger partial charge is 0.381 e. The first-order valence-corrected chi connectivity index (χ1v) is 6.75. The molecule has 1 aliphatic rings. The molecule has 16 heavy (non-hydrogen) atoms. The van der Waals surface area contributed by atoms with Crippen LogP contribution in [0.5, 0.6) is 0 Å². The molecule has 0 aromatic heterocycles. The number of rotatable bonds is 8. The van der Waals surface area contributed by atoms with Crippen molar-refractivity contribution in [2.24, 2.45) is 17.3 Å². The molecule has 0 aromatic carbocycles. The van der Waals surface area contributed by atoms with Crippen LogP contribution in [0, 0.1) is 17.3 Å². The summed E-state index contributed by atoms with van der Waals surface area (Å²) in [5.74, 6) is 1.52. The molecule has 0 heterocycles. The molecule has 0 amide bonds. The first kappa shape index (κ1) is 14.0. The number of nitrogens with one attached hydrogen (secondary N) is 1. The van der Waals surface area contributed by atoms with Crippen molar-refractivity contribution in [3.63, 3.8) is 0 Å². The topological polar surface area (TPSA) is 21.3 Å². The van der Waals surface area contributed by atoms with E-state index in [-0.39, 0.29) is 5.41 Å². The van der Waals surface area contributed by atoms with E-state index in [1.807, 2.05) is 0 Å². The van der Waals surface area contributed by atoms with Crippen LogP contribution < -0.4 is 5.32 Å². The molecule has 1 N–H and O–H groups in total. The molecule has 0 radical (unpaired) electrons. The van der Waals surface area contributed by atoms with E-state index < -0.39 is 0 Å². The maximum atomic E-state index is 5.88. The van der Waals surface area contributed by atoms with Gasteiger partial charge in [0.1, 0.15) is 0 Å². The lowest BCUT2D eigenvalue weighted by Gasteiger charge is -2.34. The van der Waals surface area contributed by atoms with Gasteiger partial charge in [0.15, 0.2) is 0 Å². The predicted octanol–water partition coefficient (Wildman–Crippen LogP) is 3.07. The van der Waals surface area contributed by atoms with E-state index in [2.05, 4.69) is 39.9 Å². The Morgan fingerprint density at radius 1 is 1.25 bits per heavy atom. The second kappa shape index (κ2) is 6.02. The van der Waals surface area contributed by atoms with E-state index in [9.17, 15) is 0 Å². The molecule has 1 rings (SSSR count). The van der Waals surface area contributed by atoms with Gasteiger partial charge in [-0.1, -0.05) is 34.6 Å². The predicted molar refractivity (Wildman–Crippen MR) is 69.6 cm³/mol. The van der Waals surface area contributed by atoms with Crippen LogP contribution in [0.3, 0.4) is 0 Å². The van der Waals surface area contributed by atoms with Crippen LogP contribution in [0.15, 0.2) is 0 Å². The van der Waals surface area contributed by atoms with E-state index in [4.69, 9.17) is 4.74 Å². The Balaban J connectivity index is 2.29. The summed E-state index contributed by atoms with van der Waals surface area (Å²) in [6, 6.07) is 0.557. The summed E-state index contributed by atoms with van der Waals surface area (Å²) in [6.07, 6.45) is 2.76. The van der Waals surface area contributed by atoms with Gasteiger partial charge in [0.05, 0.1) is 6.61 Å². The van der Waals surface area contributed by atoms with E-state index in [1.54, 1.807) is 0 Å². The highest BCUT2D eigenvalue weighted by atomic mass is 16.5. The second-order valence-corrected chi connectivity index (χ2v) is 6.30. The lowest BCUT2D eigenvalue weighted by molar-refractivity contribution is 0.0206. The number of hydrogen-bond donors (Lipinski definition) is 1. The lowest BCUT2D eigenvalue weighted by atomic mass is 9.79. The molecular weight excluding hydrogens is 198 g/mol. The van der Waals surface area contributed by atoms with Crippen molar-refractivity contribution in [2.45, 2.75) is 53.5 Å². The quantitative estimate of drug-likeness (QED) is 0.688. The minimum absolute atomic E-state index is 0.263. The summed E-state index contributed by atoms with van der Waals surface area (Å²) in [5, 5.41) is 3.54. The van der Waals surface area contributed by atoms with Gasteiger partial charge in [-0.15, -0.1) is 0 Å². The highest BCUT2D eigenvalue weighted by molar-refractivity contribution is 4.81. The Hall–Kier alpha value is -0.0800. The molecule has 96 valence electrons. The molecule has 2 heteroatoms. The monoisotopic (exact) mass is 227 g/mol. The van der Waals surface area contributed by atoms with Crippen molar-refractivity contribution < 1.29 is 4.74 Å². The fraction of sp³-hybridized carbons (Fsp3) is 1.00. The highest BCUT2D eigenvalue weighted by Crippen LogP contribution is 2.31. The molecular formula is C14H29NO. The normalized spacial score (nSPS) is 20.4. The van der Waals surface area contributed by atoms with Gasteiger partial charge in [0.2, 0.25) is 0 Å². The lowest BCUT2D eigenvalue weighted by Crippen LogP contribution is -2.42. The van der Waals surface area contributed by atoms with Gasteiger partial charge in [-0.25, -0.2) is 0 Å². The van der Waals surface area contributed by atoms with Gasteiger partial charge in [-0.3, -0.25) is 0 Å². The Bertz CT molecular complexity index is 199. The first-order valence-electron chi connectivity index (χ1n) is 6.75. The Labute approximate surface area is 101 Å². The average Bonchev–Trinajstić information content (AvgIpc) is 2.98. The van der Waals surface area contributed by atoms with Crippen molar-refractivity contribution in [3.05, 3.63) is 0 Å². The maximum Gasteiger partial charge on any atom is 0.0534 e. The molecule has 0 bridgehead atoms. The summed E-state index contributed by atoms with van der Waals surface area (Å²) in [7, 11) is 0. The van der Waals surface area contributed by atoms with E-state index in [0.29, 0.717) is 12.0 Å². The van der Waals surface area contributed by atoms with Crippen molar-refractivity contribution in [1.29, 1.82) is 0 Å². The molecule has 2 nitrogen and oxygen atoms in total. The summed E-state index contributed by atoms with van der Waals surface area (Å²) < 4.78 is 5.88. The van der Waals surface area contributed by atoms with Gasteiger partial charge in [-0.2, -0.15) is 0 Å². The van der Waals surface area contributed by atoms with Crippen molar-refractivity contribution >= 4 is 0 Å². The van der Waals surface area contributed by atoms with Crippen LogP contribution in [0.1, 0.15) is 47.5 Å². The van der Waals surface area contributed by atoms with Gasteiger partial charge >= 0.3 is 0 Å². The first-order chi connectivity index (χ1) is 7.44. The Morgan fingerprint density at radius 3 is 2.31 bits per heavy atom. The van der Waals surface area contributed by atoms with Gasteiger partial charge in [0.25, 0.3) is 0 Å². The van der Waals surface area contributed by atoms with Crippen LogP contribution in [0.2, 0.25) is 0 Å². The minimum atomic E-state index is 0.263. The third-order valence-corrected chi connectivity index (χ3v) is 3.79. The third kappa shape index (κ3) is 4.84. The van der Waals surface area contributed by atoms with Crippen LogP contribution >= 0.6 is 0 Å². The van der Waals surface area contributed by atoms with Crippen LogP contribution in [-0.2, 0) is 4.74 Å². The zero-order valence-electron chi connectivity index (χ0n) is 11.7. The molecule has 1 atom stereocenters. The van der Waals surface area contributed by atoms with Gasteiger partial charge in [-0.05, 0) is 24.7 Å². The molecule has 0 aliphatic heterocycles. The SMILES string of the molecule is CC(C)NCC(C)(COCC1CC1)C(C)C. The minimum Gasteiger partial charge on any atom is -0.381 e. The zero-order valence-corrected chi connectivity index (χ0v) is 11.7. The van der Waals surface area contributed by atoms with Crippen LogP contribution in [0.4, 0.5) is 0 Å². The van der Waals surface area contributed by atoms with Crippen molar-refractivity contribution in [1.82, 2.24) is 5.32 Å². The fourth-order valence-electron chi connectivity index (χ4n) is 1.60. The Morgan fingerprint density at radius 2 is 1.88 bits per heavy atom. The van der Waals surface area contributed by atoms with Crippen molar-refractivity contribution in [2.75, 3.05) is 19.8 Å². The Kier molecular flexibility index (Phi) is 5.26. The van der Waals surface area contributed by atoms with Gasteiger partial charge in [0, 0.05) is 24.6 Å².